The van der Waals surface area contributed by atoms with Crippen LogP contribution in [-0.4, -0.2) is 40.0 Å². The summed E-state index contributed by atoms with van der Waals surface area (Å²) in [5.41, 5.74) is 1.30. The zero-order valence-corrected chi connectivity index (χ0v) is 13.6. The van der Waals surface area contributed by atoms with Crippen molar-refractivity contribution >= 4 is 11.9 Å². The lowest BCUT2D eigenvalue weighted by atomic mass is 9.73. The first kappa shape index (κ1) is 16.2. The summed E-state index contributed by atoms with van der Waals surface area (Å²) in [6.07, 6.45) is 2.41. The van der Waals surface area contributed by atoms with Crippen LogP contribution in [-0.2, 0) is 10.2 Å². The van der Waals surface area contributed by atoms with Crippen molar-refractivity contribution in [3.05, 3.63) is 65.5 Å². The van der Waals surface area contributed by atoms with Crippen molar-refractivity contribution in [3.8, 4) is 0 Å². The monoisotopic (exact) mass is 324 g/mol. The second-order valence-electron chi connectivity index (χ2n) is 6.23. The van der Waals surface area contributed by atoms with Gasteiger partial charge in [0, 0.05) is 25.0 Å². The summed E-state index contributed by atoms with van der Waals surface area (Å²) in [6.45, 7) is 2.72. The molecule has 124 valence electrons. The number of hydrogen-bond donors (Lipinski definition) is 1. The van der Waals surface area contributed by atoms with E-state index in [1.165, 1.54) is 0 Å². The van der Waals surface area contributed by atoms with Gasteiger partial charge in [0.2, 0.25) is 0 Å². The van der Waals surface area contributed by atoms with Gasteiger partial charge in [-0.25, -0.2) is 0 Å². The maximum atomic E-state index is 12.6. The number of rotatable bonds is 3. The molecule has 0 atom stereocenters. The molecule has 1 aromatic carbocycles. The van der Waals surface area contributed by atoms with Gasteiger partial charge >= 0.3 is 5.97 Å². The van der Waals surface area contributed by atoms with E-state index in [9.17, 15) is 14.7 Å². The number of aliphatic carboxylic acids is 1. The van der Waals surface area contributed by atoms with Gasteiger partial charge in [0.1, 0.15) is 0 Å². The van der Waals surface area contributed by atoms with Crippen LogP contribution in [0.15, 0.2) is 48.7 Å². The average Bonchev–Trinajstić information content (AvgIpc) is 2.62. The highest BCUT2D eigenvalue weighted by molar-refractivity contribution is 5.94. The third-order valence-electron chi connectivity index (χ3n) is 4.80. The summed E-state index contributed by atoms with van der Waals surface area (Å²) in [6, 6.07) is 12.9. The lowest BCUT2D eigenvalue weighted by molar-refractivity contribution is -0.145. The van der Waals surface area contributed by atoms with Gasteiger partial charge < -0.3 is 10.0 Å². The number of benzene rings is 1. The molecule has 0 aliphatic carbocycles. The predicted octanol–water partition coefficient (Wildman–Crippen LogP) is 2.65. The van der Waals surface area contributed by atoms with E-state index in [2.05, 4.69) is 4.98 Å². The topological polar surface area (TPSA) is 70.5 Å². The number of aryl methyl sites for hydroxylation is 1. The molecule has 1 aliphatic heterocycles. The Balaban J connectivity index is 1.77. The number of aromatic nitrogens is 1. The van der Waals surface area contributed by atoms with Crippen LogP contribution in [0.1, 0.15) is 34.5 Å². The Morgan fingerprint density at radius 1 is 1.08 bits per heavy atom. The molecule has 2 aromatic rings. The van der Waals surface area contributed by atoms with Crippen LogP contribution in [0.5, 0.6) is 0 Å². The van der Waals surface area contributed by atoms with Crippen molar-refractivity contribution in [2.45, 2.75) is 25.2 Å². The number of nitrogens with zero attached hydrogens (tertiary/aromatic N) is 2. The number of piperidine rings is 1. The van der Waals surface area contributed by atoms with E-state index >= 15 is 0 Å². The van der Waals surface area contributed by atoms with Gasteiger partial charge in [-0.3, -0.25) is 14.6 Å². The fourth-order valence-corrected chi connectivity index (χ4v) is 3.25. The largest absolute Gasteiger partial charge is 0.481 e. The second-order valence-corrected chi connectivity index (χ2v) is 6.23. The molecule has 0 saturated carbocycles. The molecule has 1 N–H and O–H groups in total. The van der Waals surface area contributed by atoms with E-state index in [4.69, 9.17) is 0 Å². The van der Waals surface area contributed by atoms with E-state index in [0.717, 1.165) is 11.3 Å². The van der Waals surface area contributed by atoms with E-state index in [-0.39, 0.29) is 5.91 Å². The molecule has 5 nitrogen and oxygen atoms in total. The molecule has 0 unspecified atom stereocenters. The van der Waals surface area contributed by atoms with Gasteiger partial charge in [-0.05, 0) is 37.5 Å². The number of carbonyl (C=O) groups is 2. The molecule has 1 amide bonds. The van der Waals surface area contributed by atoms with Crippen LogP contribution in [0, 0.1) is 6.92 Å². The smallest absolute Gasteiger partial charge is 0.314 e. The highest BCUT2D eigenvalue weighted by Crippen LogP contribution is 2.36. The summed E-state index contributed by atoms with van der Waals surface area (Å²) >= 11 is 0. The zero-order chi connectivity index (χ0) is 17.2. The van der Waals surface area contributed by atoms with Crippen molar-refractivity contribution in [2.24, 2.45) is 0 Å². The second kappa shape index (κ2) is 6.43. The first-order chi connectivity index (χ1) is 11.5. The molecule has 1 aliphatic rings. The van der Waals surface area contributed by atoms with Crippen LogP contribution in [0.4, 0.5) is 0 Å². The Morgan fingerprint density at radius 2 is 1.75 bits per heavy atom. The predicted molar refractivity (Wildman–Crippen MR) is 89.9 cm³/mol. The summed E-state index contributed by atoms with van der Waals surface area (Å²) in [5, 5.41) is 9.80. The average molecular weight is 324 g/mol. The quantitative estimate of drug-likeness (QED) is 0.942. The summed E-state index contributed by atoms with van der Waals surface area (Å²) < 4.78 is 0. The Kier molecular flexibility index (Phi) is 4.34. The molecule has 5 heteroatoms. The minimum atomic E-state index is -0.913. The molecule has 1 saturated heterocycles. The van der Waals surface area contributed by atoms with E-state index < -0.39 is 11.4 Å². The molecule has 0 radical (unpaired) electrons. The first-order valence-electron chi connectivity index (χ1n) is 8.04. The Morgan fingerprint density at radius 3 is 2.29 bits per heavy atom. The minimum absolute atomic E-state index is 0.0884. The number of likely N-dealkylation sites (tertiary alicyclic amines) is 1. The summed E-state index contributed by atoms with van der Waals surface area (Å²) in [7, 11) is 0. The molecule has 0 spiro atoms. The van der Waals surface area contributed by atoms with Gasteiger partial charge in [-0.2, -0.15) is 0 Å². The lowest BCUT2D eigenvalue weighted by Crippen LogP contribution is -2.49. The standard InChI is InChI=1S/C19H20N2O3/c1-14-7-8-15(13-20-14)17(22)21-11-9-19(10-12-21,18(23)24)16-5-3-2-4-6-16/h2-8,13H,9-12H2,1H3,(H,23,24). The van der Waals surface area contributed by atoms with E-state index in [1.807, 2.05) is 43.3 Å². The maximum absolute atomic E-state index is 12.6. The number of carbonyl (C=O) groups excluding carboxylic acids is 1. The zero-order valence-electron chi connectivity index (χ0n) is 13.6. The lowest BCUT2D eigenvalue weighted by Gasteiger charge is -2.39. The fourth-order valence-electron chi connectivity index (χ4n) is 3.25. The summed E-state index contributed by atoms with van der Waals surface area (Å²) in [5.74, 6) is -0.910. The van der Waals surface area contributed by atoms with Crippen LogP contribution >= 0.6 is 0 Å². The Bertz CT molecular complexity index is 733. The molecular weight excluding hydrogens is 304 g/mol. The highest BCUT2D eigenvalue weighted by atomic mass is 16.4. The number of hydrogen-bond acceptors (Lipinski definition) is 3. The van der Waals surface area contributed by atoms with E-state index in [1.54, 1.807) is 17.2 Å². The fraction of sp³-hybridized carbons (Fsp3) is 0.316. The van der Waals surface area contributed by atoms with Crippen LogP contribution in [0.25, 0.3) is 0 Å². The van der Waals surface area contributed by atoms with Crippen LogP contribution in [0.3, 0.4) is 0 Å². The van der Waals surface area contributed by atoms with Crippen molar-refractivity contribution in [2.75, 3.05) is 13.1 Å². The molecule has 1 fully saturated rings. The Labute approximate surface area is 140 Å². The van der Waals surface area contributed by atoms with Crippen molar-refractivity contribution in [1.29, 1.82) is 0 Å². The number of carboxylic acid groups (broad SMARTS) is 1. The summed E-state index contributed by atoms with van der Waals surface area (Å²) in [4.78, 5) is 30.4. The van der Waals surface area contributed by atoms with Gasteiger partial charge in [0.15, 0.2) is 0 Å². The molecule has 2 heterocycles. The van der Waals surface area contributed by atoms with Gasteiger partial charge in [-0.15, -0.1) is 0 Å². The highest BCUT2D eigenvalue weighted by Gasteiger charge is 2.43. The molecule has 3 rings (SSSR count). The Hall–Kier alpha value is -2.69. The van der Waals surface area contributed by atoms with Crippen LogP contribution in [0.2, 0.25) is 0 Å². The maximum Gasteiger partial charge on any atom is 0.314 e. The third kappa shape index (κ3) is 2.89. The number of pyridine rings is 1. The molecular formula is C19H20N2O3. The van der Waals surface area contributed by atoms with Crippen LogP contribution < -0.4 is 0 Å². The van der Waals surface area contributed by atoms with Gasteiger partial charge in [0.05, 0.1) is 11.0 Å². The van der Waals surface area contributed by atoms with E-state index in [0.29, 0.717) is 31.5 Å². The van der Waals surface area contributed by atoms with Gasteiger partial charge in [0.25, 0.3) is 5.91 Å². The normalized spacial score (nSPS) is 16.6. The third-order valence-corrected chi connectivity index (χ3v) is 4.80. The van der Waals surface area contributed by atoms with Crippen molar-refractivity contribution in [1.82, 2.24) is 9.88 Å². The van der Waals surface area contributed by atoms with Gasteiger partial charge in [-0.1, -0.05) is 30.3 Å². The van der Waals surface area contributed by atoms with Crippen molar-refractivity contribution < 1.29 is 14.7 Å². The SMILES string of the molecule is Cc1ccc(C(=O)N2CCC(C(=O)O)(c3ccccc3)CC2)cn1. The molecule has 0 bridgehead atoms. The molecule has 1 aromatic heterocycles. The number of amides is 1. The number of carboxylic acids is 1. The molecule has 24 heavy (non-hydrogen) atoms. The van der Waals surface area contributed by atoms with Crippen molar-refractivity contribution in [3.63, 3.8) is 0 Å². The minimum Gasteiger partial charge on any atom is -0.481 e. The first-order valence-corrected chi connectivity index (χ1v) is 8.04.